The van der Waals surface area contributed by atoms with Crippen molar-refractivity contribution in [1.82, 2.24) is 5.32 Å². The third-order valence-electron chi connectivity index (χ3n) is 1.27. The number of rotatable bonds is 5. The molecule has 0 saturated heterocycles. The molecule has 13 heavy (non-hydrogen) atoms. The number of carboxylic acids is 1. The van der Waals surface area contributed by atoms with Gasteiger partial charge in [0, 0.05) is 6.92 Å². The topological polar surface area (TPSA) is 69.2 Å². The van der Waals surface area contributed by atoms with Gasteiger partial charge in [0.05, 0.1) is 12.0 Å². The van der Waals surface area contributed by atoms with E-state index in [1.165, 1.54) is 18.7 Å². The Morgan fingerprint density at radius 3 is 2.38 bits per heavy atom. The SMILES string of the molecule is CSCC[C@H](NC(C)=O)C(=O)[O-].[Ag+]. The monoisotopic (exact) mass is 297 g/mol. The quantitative estimate of drug-likeness (QED) is 0.661. The van der Waals surface area contributed by atoms with E-state index in [1.807, 2.05) is 6.26 Å². The molecule has 1 N–H and O–H groups in total. The molecule has 6 heteroatoms. The molecule has 0 unspecified atom stereocenters. The Bertz CT molecular complexity index is 177. The molecule has 80 valence electrons. The molecule has 0 saturated carbocycles. The minimum absolute atomic E-state index is 0. The molecule has 0 radical (unpaired) electrons. The number of carbonyl (C=O) groups is 2. The van der Waals surface area contributed by atoms with Crippen molar-refractivity contribution in [3.8, 4) is 0 Å². The summed E-state index contributed by atoms with van der Waals surface area (Å²) in [5, 5.41) is 12.7. The molecule has 0 aromatic carbocycles. The Kier molecular flexibility index (Phi) is 10.3. The van der Waals surface area contributed by atoms with Crippen molar-refractivity contribution >= 4 is 23.6 Å². The van der Waals surface area contributed by atoms with Gasteiger partial charge in [-0.05, 0) is 18.4 Å². The van der Waals surface area contributed by atoms with Gasteiger partial charge in [-0.15, -0.1) is 0 Å². The van der Waals surface area contributed by atoms with Crippen molar-refractivity contribution in [3.05, 3.63) is 0 Å². The zero-order valence-electron chi connectivity index (χ0n) is 7.43. The van der Waals surface area contributed by atoms with Gasteiger partial charge in [-0.1, -0.05) is 0 Å². The summed E-state index contributed by atoms with van der Waals surface area (Å²) in [6.07, 6.45) is 2.28. The molecule has 0 aliphatic heterocycles. The van der Waals surface area contributed by atoms with Gasteiger partial charge in [-0.3, -0.25) is 4.79 Å². The van der Waals surface area contributed by atoms with Crippen LogP contribution < -0.4 is 10.4 Å². The van der Waals surface area contributed by atoms with E-state index in [1.54, 1.807) is 0 Å². The van der Waals surface area contributed by atoms with Crippen LogP contribution in [0, 0.1) is 0 Å². The number of amides is 1. The fourth-order valence-electron chi connectivity index (χ4n) is 0.730. The smallest absolute Gasteiger partial charge is 0.548 e. The zero-order valence-corrected chi connectivity index (χ0v) is 9.72. The van der Waals surface area contributed by atoms with Crippen LogP contribution in [0.15, 0.2) is 0 Å². The van der Waals surface area contributed by atoms with E-state index in [4.69, 9.17) is 0 Å². The molecule has 0 aromatic heterocycles. The fraction of sp³-hybridized carbons (Fsp3) is 0.714. The summed E-state index contributed by atoms with van der Waals surface area (Å²) >= 11 is 1.53. The third-order valence-corrected chi connectivity index (χ3v) is 1.92. The molecule has 0 aliphatic carbocycles. The molecule has 0 bridgehead atoms. The number of carboxylic acid groups (broad SMARTS) is 1. The maximum absolute atomic E-state index is 10.5. The largest absolute Gasteiger partial charge is 1.00 e. The summed E-state index contributed by atoms with van der Waals surface area (Å²) in [4.78, 5) is 20.9. The van der Waals surface area contributed by atoms with Crippen LogP contribution in [0.4, 0.5) is 0 Å². The van der Waals surface area contributed by atoms with Crippen molar-refractivity contribution in [2.45, 2.75) is 19.4 Å². The third kappa shape index (κ3) is 8.36. The van der Waals surface area contributed by atoms with Crippen LogP contribution in [0.25, 0.3) is 0 Å². The van der Waals surface area contributed by atoms with Crippen LogP contribution in [-0.4, -0.2) is 29.9 Å². The first-order chi connectivity index (χ1) is 5.57. The molecule has 0 aromatic rings. The van der Waals surface area contributed by atoms with Gasteiger partial charge in [-0.2, -0.15) is 11.8 Å². The van der Waals surface area contributed by atoms with Gasteiger partial charge in [0.2, 0.25) is 5.91 Å². The first-order valence-corrected chi connectivity index (χ1v) is 4.94. The molecule has 0 fully saturated rings. The second-order valence-corrected chi connectivity index (χ2v) is 3.34. The Morgan fingerprint density at radius 1 is 1.54 bits per heavy atom. The van der Waals surface area contributed by atoms with Gasteiger partial charge >= 0.3 is 22.4 Å². The molecule has 0 heterocycles. The van der Waals surface area contributed by atoms with E-state index in [-0.39, 0.29) is 28.3 Å². The maximum Gasteiger partial charge on any atom is 1.00 e. The summed E-state index contributed by atoms with van der Waals surface area (Å²) in [5.74, 6) is -0.872. The minimum Gasteiger partial charge on any atom is -0.548 e. The number of carbonyl (C=O) groups excluding carboxylic acids is 2. The van der Waals surface area contributed by atoms with Crippen molar-refractivity contribution in [1.29, 1.82) is 0 Å². The summed E-state index contributed by atoms with van der Waals surface area (Å²) in [5.41, 5.74) is 0. The van der Waals surface area contributed by atoms with Crippen LogP contribution in [0.3, 0.4) is 0 Å². The van der Waals surface area contributed by atoms with E-state index < -0.39 is 12.0 Å². The van der Waals surface area contributed by atoms with Crippen molar-refractivity contribution in [2.75, 3.05) is 12.0 Å². The Hall–Kier alpha value is 0.0303. The predicted molar refractivity (Wildman–Crippen MR) is 45.6 cm³/mol. The standard InChI is InChI=1S/C7H13NO3S.Ag/c1-5(9)8-6(7(10)11)3-4-12-2;/h6H,3-4H2,1-2H3,(H,8,9)(H,10,11);/q;+1/p-1/t6-;/m0./s1. The van der Waals surface area contributed by atoms with E-state index in [0.717, 1.165) is 0 Å². The van der Waals surface area contributed by atoms with Crippen LogP contribution in [0.1, 0.15) is 13.3 Å². The van der Waals surface area contributed by atoms with E-state index in [0.29, 0.717) is 12.2 Å². The Balaban J connectivity index is 0. The zero-order chi connectivity index (χ0) is 9.56. The average molecular weight is 298 g/mol. The summed E-state index contributed by atoms with van der Waals surface area (Å²) in [6.45, 7) is 1.29. The first-order valence-electron chi connectivity index (χ1n) is 3.54. The first kappa shape index (κ1) is 15.5. The summed E-state index contributed by atoms with van der Waals surface area (Å²) in [6, 6.07) is -0.852. The Labute approximate surface area is 97.4 Å². The second kappa shape index (κ2) is 8.62. The molecule has 0 rings (SSSR count). The van der Waals surface area contributed by atoms with Gasteiger partial charge in [0.25, 0.3) is 0 Å². The number of hydrogen-bond donors (Lipinski definition) is 1. The minimum atomic E-state index is -1.22. The van der Waals surface area contributed by atoms with Crippen LogP contribution in [0.2, 0.25) is 0 Å². The normalized spacial score (nSPS) is 11.2. The molecule has 1 amide bonds. The second-order valence-electron chi connectivity index (χ2n) is 2.35. The van der Waals surface area contributed by atoms with Gasteiger partial charge < -0.3 is 15.2 Å². The van der Waals surface area contributed by atoms with Crippen LogP contribution >= 0.6 is 11.8 Å². The summed E-state index contributed by atoms with van der Waals surface area (Å²) in [7, 11) is 0. The summed E-state index contributed by atoms with van der Waals surface area (Å²) < 4.78 is 0. The van der Waals surface area contributed by atoms with E-state index in [9.17, 15) is 14.7 Å². The molecule has 1 atom stereocenters. The number of nitrogens with one attached hydrogen (secondary N) is 1. The number of thioether (sulfide) groups is 1. The molecular weight excluding hydrogens is 286 g/mol. The van der Waals surface area contributed by atoms with Crippen LogP contribution in [-0.2, 0) is 32.0 Å². The van der Waals surface area contributed by atoms with Crippen LogP contribution in [0.5, 0.6) is 0 Å². The average Bonchev–Trinajstić information content (AvgIpc) is 1.96. The molecular formula is C7H12AgNO3S. The van der Waals surface area contributed by atoms with Gasteiger partial charge in [0.1, 0.15) is 0 Å². The fourth-order valence-corrected chi connectivity index (χ4v) is 1.20. The van der Waals surface area contributed by atoms with Crippen molar-refractivity contribution in [3.63, 3.8) is 0 Å². The molecule has 0 aliphatic rings. The number of hydrogen-bond acceptors (Lipinski definition) is 4. The predicted octanol–water partition coefficient (Wildman–Crippen LogP) is -1.01. The molecule has 4 nitrogen and oxygen atoms in total. The van der Waals surface area contributed by atoms with Crippen molar-refractivity contribution < 1.29 is 37.1 Å². The van der Waals surface area contributed by atoms with E-state index in [2.05, 4.69) is 5.32 Å². The van der Waals surface area contributed by atoms with E-state index >= 15 is 0 Å². The number of aliphatic carboxylic acids is 1. The van der Waals surface area contributed by atoms with Gasteiger partial charge in [0.15, 0.2) is 0 Å². The molecule has 0 spiro atoms. The maximum atomic E-state index is 10.5. The van der Waals surface area contributed by atoms with Crippen molar-refractivity contribution in [2.24, 2.45) is 0 Å². The Morgan fingerprint density at radius 2 is 2.08 bits per heavy atom. The van der Waals surface area contributed by atoms with Gasteiger partial charge in [-0.25, -0.2) is 0 Å².